The lowest BCUT2D eigenvalue weighted by molar-refractivity contribution is 0.102. The SMILES string of the molecule is Cn1ccc2cccc(C(=O)Nc3cccc4[nH]c(=O)oc34)c21. The summed E-state index contributed by atoms with van der Waals surface area (Å²) in [6.45, 7) is 0. The van der Waals surface area contributed by atoms with E-state index >= 15 is 0 Å². The standard InChI is InChI=1S/C17H13N3O3/c1-20-9-8-10-4-2-5-11(14(10)20)16(21)18-12-6-3-7-13-15(12)23-17(22)19-13/h2-9H,1H3,(H,18,21)(H,19,22). The molecule has 0 aliphatic heterocycles. The third-order valence-electron chi connectivity index (χ3n) is 3.84. The van der Waals surface area contributed by atoms with Crippen molar-refractivity contribution in [2.24, 2.45) is 7.05 Å². The second-order valence-electron chi connectivity index (χ2n) is 5.32. The summed E-state index contributed by atoms with van der Waals surface area (Å²) >= 11 is 0. The minimum absolute atomic E-state index is 0.256. The van der Waals surface area contributed by atoms with Crippen LogP contribution in [0.2, 0.25) is 0 Å². The normalized spacial score (nSPS) is 11.2. The zero-order valence-electron chi connectivity index (χ0n) is 12.3. The van der Waals surface area contributed by atoms with E-state index in [1.807, 2.05) is 36.0 Å². The van der Waals surface area contributed by atoms with Crippen LogP contribution >= 0.6 is 0 Å². The summed E-state index contributed by atoms with van der Waals surface area (Å²) in [5, 5.41) is 3.81. The summed E-state index contributed by atoms with van der Waals surface area (Å²) in [5.41, 5.74) is 2.75. The molecule has 0 unspecified atom stereocenters. The molecule has 4 rings (SSSR count). The van der Waals surface area contributed by atoms with Crippen molar-refractivity contribution in [1.29, 1.82) is 0 Å². The van der Waals surface area contributed by atoms with Gasteiger partial charge in [-0.1, -0.05) is 18.2 Å². The van der Waals surface area contributed by atoms with Crippen molar-refractivity contribution in [3.8, 4) is 0 Å². The van der Waals surface area contributed by atoms with E-state index in [2.05, 4.69) is 10.3 Å². The van der Waals surface area contributed by atoms with Crippen LogP contribution in [-0.4, -0.2) is 15.5 Å². The fourth-order valence-corrected chi connectivity index (χ4v) is 2.80. The Morgan fingerprint density at radius 3 is 2.87 bits per heavy atom. The predicted octanol–water partition coefficient (Wildman–Crippen LogP) is 2.87. The topological polar surface area (TPSA) is 80.0 Å². The number of benzene rings is 2. The van der Waals surface area contributed by atoms with Crippen molar-refractivity contribution in [3.05, 3.63) is 64.8 Å². The van der Waals surface area contributed by atoms with Crippen molar-refractivity contribution in [2.45, 2.75) is 0 Å². The van der Waals surface area contributed by atoms with E-state index in [-0.39, 0.29) is 5.91 Å². The number of nitrogens with zero attached hydrogens (tertiary/aromatic N) is 1. The fourth-order valence-electron chi connectivity index (χ4n) is 2.80. The minimum Gasteiger partial charge on any atom is -0.406 e. The smallest absolute Gasteiger partial charge is 0.406 e. The molecule has 2 aromatic heterocycles. The van der Waals surface area contributed by atoms with Crippen molar-refractivity contribution in [1.82, 2.24) is 9.55 Å². The Balaban J connectivity index is 1.80. The van der Waals surface area contributed by atoms with Crippen LogP contribution in [0.4, 0.5) is 5.69 Å². The molecule has 2 aromatic carbocycles. The molecule has 2 N–H and O–H groups in total. The fraction of sp³-hybridized carbons (Fsp3) is 0.0588. The number of rotatable bonds is 2. The second-order valence-corrected chi connectivity index (χ2v) is 5.32. The van der Waals surface area contributed by atoms with Crippen LogP contribution in [0.15, 0.2) is 57.9 Å². The third kappa shape index (κ3) is 2.12. The van der Waals surface area contributed by atoms with Gasteiger partial charge in [0.1, 0.15) is 0 Å². The molecular formula is C17H13N3O3. The quantitative estimate of drug-likeness (QED) is 0.597. The summed E-state index contributed by atoms with van der Waals surface area (Å²) in [7, 11) is 1.89. The van der Waals surface area contributed by atoms with Gasteiger partial charge in [-0.15, -0.1) is 0 Å². The molecule has 0 atom stereocenters. The van der Waals surface area contributed by atoms with Crippen molar-refractivity contribution in [2.75, 3.05) is 5.32 Å². The Kier molecular flexibility index (Phi) is 2.84. The lowest BCUT2D eigenvalue weighted by atomic mass is 10.1. The van der Waals surface area contributed by atoms with Gasteiger partial charge in [0.2, 0.25) is 0 Å². The largest absolute Gasteiger partial charge is 0.417 e. The first-order valence-electron chi connectivity index (χ1n) is 7.11. The molecule has 2 heterocycles. The van der Waals surface area contributed by atoms with Gasteiger partial charge < -0.3 is 14.3 Å². The molecule has 0 radical (unpaired) electrons. The first kappa shape index (κ1) is 13.4. The van der Waals surface area contributed by atoms with Gasteiger partial charge in [-0.2, -0.15) is 0 Å². The maximum absolute atomic E-state index is 12.7. The van der Waals surface area contributed by atoms with Gasteiger partial charge in [-0.05, 0) is 24.3 Å². The third-order valence-corrected chi connectivity index (χ3v) is 3.84. The molecule has 114 valence electrons. The molecular weight excluding hydrogens is 294 g/mol. The average molecular weight is 307 g/mol. The first-order chi connectivity index (χ1) is 11.1. The Morgan fingerprint density at radius 2 is 2.00 bits per heavy atom. The number of nitrogens with one attached hydrogen (secondary N) is 2. The number of oxazole rings is 1. The number of aryl methyl sites for hydroxylation is 1. The van der Waals surface area contributed by atoms with Crippen LogP contribution < -0.4 is 11.1 Å². The maximum atomic E-state index is 12.7. The molecule has 0 aliphatic rings. The molecule has 0 saturated carbocycles. The molecule has 4 aromatic rings. The number of fused-ring (bicyclic) bond motifs is 2. The van der Waals surface area contributed by atoms with Crippen LogP contribution in [0, 0.1) is 0 Å². The molecule has 0 bridgehead atoms. The van der Waals surface area contributed by atoms with E-state index in [1.54, 1.807) is 24.3 Å². The van der Waals surface area contributed by atoms with Gasteiger partial charge in [-0.25, -0.2) is 4.79 Å². The number of carbonyl (C=O) groups is 1. The lowest BCUT2D eigenvalue weighted by Gasteiger charge is -2.08. The van der Waals surface area contributed by atoms with Gasteiger partial charge in [-0.3, -0.25) is 9.78 Å². The highest BCUT2D eigenvalue weighted by Crippen LogP contribution is 2.24. The number of carbonyl (C=O) groups excluding carboxylic acids is 1. The van der Waals surface area contributed by atoms with Gasteiger partial charge >= 0.3 is 5.76 Å². The number of anilines is 1. The average Bonchev–Trinajstić information content (AvgIpc) is 3.10. The number of H-pyrrole nitrogens is 1. The Hall–Kier alpha value is -3.28. The van der Waals surface area contributed by atoms with E-state index in [1.165, 1.54) is 0 Å². The number of hydrogen-bond donors (Lipinski definition) is 2. The second kappa shape index (κ2) is 4.88. The van der Waals surface area contributed by atoms with Gasteiger partial charge in [0.05, 0.1) is 22.3 Å². The van der Waals surface area contributed by atoms with Crippen LogP contribution in [0.25, 0.3) is 22.0 Å². The molecule has 1 amide bonds. The monoisotopic (exact) mass is 307 g/mol. The van der Waals surface area contributed by atoms with Crippen molar-refractivity contribution >= 4 is 33.6 Å². The van der Waals surface area contributed by atoms with Crippen molar-refractivity contribution < 1.29 is 9.21 Å². The number of amides is 1. The number of aromatic nitrogens is 2. The number of para-hydroxylation sites is 2. The van der Waals surface area contributed by atoms with E-state index in [9.17, 15) is 9.59 Å². The highest BCUT2D eigenvalue weighted by molar-refractivity contribution is 6.13. The van der Waals surface area contributed by atoms with Gasteiger partial charge in [0, 0.05) is 18.6 Å². The summed E-state index contributed by atoms with van der Waals surface area (Å²) in [4.78, 5) is 26.6. The number of aromatic amines is 1. The Morgan fingerprint density at radius 1 is 1.17 bits per heavy atom. The molecule has 0 aliphatic carbocycles. The highest BCUT2D eigenvalue weighted by Gasteiger charge is 2.15. The van der Waals surface area contributed by atoms with Gasteiger partial charge in [0.15, 0.2) is 5.58 Å². The molecule has 0 spiro atoms. The summed E-state index contributed by atoms with van der Waals surface area (Å²) < 4.78 is 7.00. The predicted molar refractivity (Wildman–Crippen MR) is 87.7 cm³/mol. The lowest BCUT2D eigenvalue weighted by Crippen LogP contribution is -2.13. The van der Waals surface area contributed by atoms with E-state index in [4.69, 9.17) is 4.42 Å². The zero-order chi connectivity index (χ0) is 16.0. The molecule has 0 saturated heterocycles. The summed E-state index contributed by atoms with van der Waals surface area (Å²) in [6.07, 6.45) is 1.91. The molecule has 6 nitrogen and oxygen atoms in total. The highest BCUT2D eigenvalue weighted by atomic mass is 16.4. The first-order valence-corrected chi connectivity index (χ1v) is 7.11. The summed E-state index contributed by atoms with van der Waals surface area (Å²) in [5.74, 6) is -0.806. The number of hydrogen-bond acceptors (Lipinski definition) is 3. The van der Waals surface area contributed by atoms with Crippen LogP contribution in [0.3, 0.4) is 0 Å². The van der Waals surface area contributed by atoms with E-state index in [0.29, 0.717) is 22.4 Å². The van der Waals surface area contributed by atoms with Crippen LogP contribution in [-0.2, 0) is 7.05 Å². The van der Waals surface area contributed by atoms with Gasteiger partial charge in [0.25, 0.3) is 5.91 Å². The van der Waals surface area contributed by atoms with E-state index in [0.717, 1.165) is 10.9 Å². The summed E-state index contributed by atoms with van der Waals surface area (Å²) in [6, 6.07) is 12.7. The maximum Gasteiger partial charge on any atom is 0.417 e. The minimum atomic E-state index is -0.550. The Bertz CT molecular complexity index is 1100. The Labute approximate surface area is 130 Å². The van der Waals surface area contributed by atoms with Crippen molar-refractivity contribution in [3.63, 3.8) is 0 Å². The molecule has 0 fully saturated rings. The van der Waals surface area contributed by atoms with Crippen LogP contribution in [0.5, 0.6) is 0 Å². The molecule has 6 heteroatoms. The molecule has 23 heavy (non-hydrogen) atoms. The van der Waals surface area contributed by atoms with Crippen LogP contribution in [0.1, 0.15) is 10.4 Å². The van der Waals surface area contributed by atoms with E-state index < -0.39 is 5.76 Å². The zero-order valence-corrected chi connectivity index (χ0v) is 12.3.